The van der Waals surface area contributed by atoms with Crippen LogP contribution < -0.4 is 0 Å². The molecule has 0 atom stereocenters. The number of rotatable bonds is 0. The number of pyridine rings is 1. The molecule has 80 valence electrons. The fourth-order valence-corrected chi connectivity index (χ4v) is 0.740. The Hall–Kier alpha value is -0.555. The van der Waals surface area contributed by atoms with Crippen molar-refractivity contribution in [3.63, 3.8) is 0 Å². The maximum absolute atomic E-state index is 12.2. The largest absolute Gasteiger partial charge is 0.673 e. The maximum Gasteiger partial charge on any atom is 0.673 e. The second-order valence-electron chi connectivity index (χ2n) is 1.90. The highest BCUT2D eigenvalue weighted by Crippen LogP contribution is 2.13. The molecule has 0 aromatic carbocycles. The van der Waals surface area contributed by atoms with Gasteiger partial charge in [-0.3, -0.25) is 0 Å². The Morgan fingerprint density at radius 2 is 1.50 bits per heavy atom. The van der Waals surface area contributed by atoms with Gasteiger partial charge in [-0.15, -0.1) is 0 Å². The second-order valence-corrected chi connectivity index (χ2v) is 2.65. The predicted molar refractivity (Wildman–Crippen MR) is 44.4 cm³/mol. The Morgan fingerprint density at radius 1 is 1.07 bits per heavy atom. The molecular formula is C5H2BCl2F5N-. The summed E-state index contributed by atoms with van der Waals surface area (Å²) in [5.41, 5.74) is 0. The summed E-state index contributed by atoms with van der Waals surface area (Å²) >= 11 is 10.6. The fraction of sp³-hybridized carbons (Fsp3) is 0. The SMILES string of the molecule is F[B-](F)(F)F.Fc1ccc(Cl)nc1Cl. The lowest BCUT2D eigenvalue weighted by molar-refractivity contribution is 0.368. The van der Waals surface area contributed by atoms with Crippen LogP contribution in [0.4, 0.5) is 21.7 Å². The molecule has 0 saturated heterocycles. The first-order valence-corrected chi connectivity index (χ1v) is 3.80. The molecule has 0 radical (unpaired) electrons. The third kappa shape index (κ3) is 8.06. The minimum atomic E-state index is -6.00. The van der Waals surface area contributed by atoms with E-state index in [0.717, 1.165) is 6.07 Å². The van der Waals surface area contributed by atoms with Crippen LogP contribution in [0.2, 0.25) is 10.3 Å². The fourth-order valence-electron chi connectivity index (χ4n) is 0.395. The van der Waals surface area contributed by atoms with Crippen LogP contribution in [0.15, 0.2) is 12.1 Å². The molecule has 1 rings (SSSR count). The van der Waals surface area contributed by atoms with Gasteiger partial charge >= 0.3 is 7.25 Å². The van der Waals surface area contributed by atoms with Gasteiger partial charge in [0.15, 0.2) is 11.0 Å². The Kier molecular flexibility index (Phi) is 5.14. The molecule has 1 aromatic rings. The Balaban J connectivity index is 0.000000292. The molecule has 9 heteroatoms. The zero-order valence-electron chi connectivity index (χ0n) is 6.33. The van der Waals surface area contributed by atoms with E-state index in [1.807, 2.05) is 0 Å². The Bertz CT molecular complexity index is 299. The van der Waals surface area contributed by atoms with Crippen molar-refractivity contribution in [2.45, 2.75) is 0 Å². The highest BCUT2D eigenvalue weighted by atomic mass is 35.5. The van der Waals surface area contributed by atoms with Crippen LogP contribution in [0.5, 0.6) is 0 Å². The summed E-state index contributed by atoms with van der Waals surface area (Å²) in [7, 11) is -6.00. The molecule has 0 bridgehead atoms. The Labute approximate surface area is 85.9 Å². The number of hydrogen-bond acceptors (Lipinski definition) is 1. The van der Waals surface area contributed by atoms with Gasteiger partial charge in [0, 0.05) is 0 Å². The number of aromatic nitrogens is 1. The van der Waals surface area contributed by atoms with E-state index in [1.54, 1.807) is 0 Å². The van der Waals surface area contributed by atoms with Crippen LogP contribution in [0.1, 0.15) is 0 Å². The van der Waals surface area contributed by atoms with Crippen molar-refractivity contribution in [3.05, 3.63) is 28.3 Å². The first kappa shape index (κ1) is 13.4. The molecule has 0 saturated carbocycles. The van der Waals surface area contributed by atoms with E-state index in [2.05, 4.69) is 4.98 Å². The molecule has 0 fully saturated rings. The molecule has 0 amide bonds. The lowest BCUT2D eigenvalue weighted by atomic mass is 10.3. The lowest BCUT2D eigenvalue weighted by Crippen LogP contribution is -2.02. The molecule has 0 unspecified atom stereocenters. The van der Waals surface area contributed by atoms with Crippen LogP contribution in [0, 0.1) is 5.82 Å². The van der Waals surface area contributed by atoms with Gasteiger partial charge in [0.2, 0.25) is 0 Å². The van der Waals surface area contributed by atoms with Crippen LogP contribution in [0.3, 0.4) is 0 Å². The van der Waals surface area contributed by atoms with Crippen molar-refractivity contribution in [1.29, 1.82) is 0 Å². The van der Waals surface area contributed by atoms with Crippen LogP contribution in [-0.4, -0.2) is 12.2 Å². The first-order chi connectivity index (χ1) is 6.20. The summed E-state index contributed by atoms with van der Waals surface area (Å²) in [6.45, 7) is 0. The maximum atomic E-state index is 12.2. The molecule has 1 aromatic heterocycles. The minimum Gasteiger partial charge on any atom is -0.418 e. The van der Waals surface area contributed by atoms with Gasteiger partial charge in [0.05, 0.1) is 0 Å². The summed E-state index contributed by atoms with van der Waals surface area (Å²) in [5, 5.41) is 0.00361. The zero-order chi connectivity index (χ0) is 11.4. The van der Waals surface area contributed by atoms with Crippen molar-refractivity contribution in [2.75, 3.05) is 0 Å². The average Bonchev–Trinajstić information content (AvgIpc) is 1.94. The molecule has 0 aliphatic carbocycles. The van der Waals surface area contributed by atoms with Gasteiger partial charge in [-0.25, -0.2) is 9.37 Å². The molecular weight excluding hydrogens is 251 g/mol. The van der Waals surface area contributed by atoms with Crippen molar-refractivity contribution in [1.82, 2.24) is 4.98 Å². The average molecular weight is 253 g/mol. The predicted octanol–water partition coefficient (Wildman–Crippen LogP) is 3.83. The highest BCUT2D eigenvalue weighted by molar-refractivity contribution is 6.50. The van der Waals surface area contributed by atoms with Crippen molar-refractivity contribution < 1.29 is 21.7 Å². The van der Waals surface area contributed by atoms with E-state index in [-0.39, 0.29) is 10.3 Å². The third-order valence-electron chi connectivity index (χ3n) is 0.769. The topological polar surface area (TPSA) is 12.9 Å². The summed E-state index contributed by atoms with van der Waals surface area (Å²) < 4.78 is 51.2. The molecule has 1 heterocycles. The summed E-state index contributed by atoms with van der Waals surface area (Å²) in [6.07, 6.45) is 0. The molecule has 0 aliphatic heterocycles. The molecule has 0 aliphatic rings. The normalized spacial score (nSPS) is 10.5. The Morgan fingerprint density at radius 3 is 1.79 bits per heavy atom. The first-order valence-electron chi connectivity index (χ1n) is 3.05. The lowest BCUT2D eigenvalue weighted by Gasteiger charge is -1.94. The van der Waals surface area contributed by atoms with Crippen LogP contribution in [-0.2, 0) is 0 Å². The van der Waals surface area contributed by atoms with E-state index < -0.39 is 13.1 Å². The van der Waals surface area contributed by atoms with Gasteiger partial charge < -0.3 is 17.3 Å². The molecule has 14 heavy (non-hydrogen) atoms. The van der Waals surface area contributed by atoms with Gasteiger partial charge in [-0.2, -0.15) is 0 Å². The number of nitrogens with zero attached hydrogens (tertiary/aromatic N) is 1. The quantitative estimate of drug-likeness (QED) is 0.389. The van der Waals surface area contributed by atoms with Crippen molar-refractivity contribution in [2.24, 2.45) is 0 Å². The molecule has 1 nitrogen and oxygen atoms in total. The van der Waals surface area contributed by atoms with Gasteiger partial charge in [0.1, 0.15) is 5.15 Å². The van der Waals surface area contributed by atoms with Gasteiger partial charge in [0.25, 0.3) is 0 Å². The van der Waals surface area contributed by atoms with E-state index >= 15 is 0 Å². The summed E-state index contributed by atoms with van der Waals surface area (Å²) in [6, 6.07) is 2.50. The van der Waals surface area contributed by atoms with E-state index in [4.69, 9.17) is 23.2 Å². The monoisotopic (exact) mass is 252 g/mol. The van der Waals surface area contributed by atoms with Crippen LogP contribution >= 0.6 is 23.2 Å². The van der Waals surface area contributed by atoms with E-state index in [0.29, 0.717) is 0 Å². The standard InChI is InChI=1S/C5H2Cl2FN.BF4/c6-4-2-1-3(8)5(7)9-4;2-1(3,4)5/h1-2H;/q;-1. The zero-order valence-corrected chi connectivity index (χ0v) is 7.84. The second kappa shape index (κ2) is 5.36. The van der Waals surface area contributed by atoms with E-state index in [9.17, 15) is 21.7 Å². The third-order valence-corrected chi connectivity index (χ3v) is 1.24. The minimum absolute atomic E-state index is 0.192. The summed E-state index contributed by atoms with van der Waals surface area (Å²) in [4.78, 5) is 3.43. The molecule has 0 spiro atoms. The van der Waals surface area contributed by atoms with Gasteiger partial charge in [-0.1, -0.05) is 23.2 Å². The number of halogens is 7. The van der Waals surface area contributed by atoms with Crippen molar-refractivity contribution >= 4 is 30.5 Å². The summed E-state index contributed by atoms with van der Waals surface area (Å²) in [5.74, 6) is -0.555. The van der Waals surface area contributed by atoms with Crippen LogP contribution in [0.25, 0.3) is 0 Å². The van der Waals surface area contributed by atoms with Gasteiger partial charge in [-0.05, 0) is 12.1 Å². The van der Waals surface area contributed by atoms with Crippen molar-refractivity contribution in [3.8, 4) is 0 Å². The number of hydrogen-bond donors (Lipinski definition) is 0. The highest BCUT2D eigenvalue weighted by Gasteiger charge is 2.20. The molecule has 0 N–H and O–H groups in total. The smallest absolute Gasteiger partial charge is 0.418 e. The van der Waals surface area contributed by atoms with E-state index in [1.165, 1.54) is 6.07 Å².